The molecule has 0 saturated carbocycles. The van der Waals surface area contributed by atoms with E-state index in [1.165, 1.54) is 6.21 Å². The van der Waals surface area contributed by atoms with E-state index in [0.29, 0.717) is 16.5 Å². The molecule has 0 atom stereocenters. The minimum atomic E-state index is -0.358. The summed E-state index contributed by atoms with van der Waals surface area (Å²) in [6, 6.07) is 12.3. The summed E-state index contributed by atoms with van der Waals surface area (Å²) in [6.45, 7) is 0. The van der Waals surface area contributed by atoms with Gasteiger partial charge in [0.25, 0.3) is 0 Å². The van der Waals surface area contributed by atoms with Gasteiger partial charge < -0.3 is 10.1 Å². The number of hydrogen-bond donors (Lipinski definition) is 2. The molecule has 8 heteroatoms. The first-order chi connectivity index (χ1) is 12.5. The van der Waals surface area contributed by atoms with Gasteiger partial charge in [-0.25, -0.2) is 5.43 Å². The van der Waals surface area contributed by atoms with Crippen LogP contribution < -0.4 is 15.5 Å². The van der Waals surface area contributed by atoms with E-state index < -0.39 is 0 Å². The summed E-state index contributed by atoms with van der Waals surface area (Å²) in [4.78, 5) is 23.6. The third kappa shape index (κ3) is 6.16. The average molecular weight is 439 g/mol. The number of benzene rings is 2. The van der Waals surface area contributed by atoms with Crippen LogP contribution in [0.5, 0.6) is 5.75 Å². The predicted molar refractivity (Wildman–Crippen MR) is 106 cm³/mol. The summed E-state index contributed by atoms with van der Waals surface area (Å²) in [7, 11) is 1.58. The molecule has 0 aliphatic heterocycles. The number of ether oxygens (including phenoxy) is 1. The number of para-hydroxylation sites is 1. The van der Waals surface area contributed by atoms with Crippen LogP contribution in [-0.4, -0.2) is 25.1 Å². The Balaban J connectivity index is 1.77. The van der Waals surface area contributed by atoms with Crippen LogP contribution in [0.3, 0.4) is 0 Å². The van der Waals surface area contributed by atoms with Crippen molar-refractivity contribution in [1.82, 2.24) is 5.43 Å². The SMILES string of the molecule is COc1ccc(C=NNC(=O)CCC(=O)Nc2ccccc2Cl)cc1Br. The number of anilines is 1. The van der Waals surface area contributed by atoms with E-state index in [-0.39, 0.29) is 24.7 Å². The molecular formula is C18H17BrClN3O3. The Kier molecular flexibility index (Phi) is 7.62. The molecule has 2 N–H and O–H groups in total. The molecule has 0 saturated heterocycles. The van der Waals surface area contributed by atoms with E-state index in [1.807, 2.05) is 6.07 Å². The molecule has 0 unspecified atom stereocenters. The van der Waals surface area contributed by atoms with Crippen molar-refractivity contribution in [2.24, 2.45) is 5.10 Å². The zero-order chi connectivity index (χ0) is 18.9. The molecule has 0 aliphatic rings. The van der Waals surface area contributed by atoms with Crippen LogP contribution in [0.2, 0.25) is 5.02 Å². The van der Waals surface area contributed by atoms with Crippen molar-refractivity contribution in [2.75, 3.05) is 12.4 Å². The number of halogens is 2. The van der Waals surface area contributed by atoms with Crippen LogP contribution in [0.25, 0.3) is 0 Å². The van der Waals surface area contributed by atoms with Crippen molar-refractivity contribution >= 4 is 51.2 Å². The molecule has 136 valence electrons. The van der Waals surface area contributed by atoms with Crippen molar-refractivity contribution in [3.63, 3.8) is 0 Å². The quantitative estimate of drug-likeness (QED) is 0.507. The molecule has 0 bridgehead atoms. The third-order valence-electron chi connectivity index (χ3n) is 3.31. The number of carbonyl (C=O) groups excluding carboxylic acids is 2. The second kappa shape index (κ2) is 9.94. The van der Waals surface area contributed by atoms with Gasteiger partial charge in [0.1, 0.15) is 5.75 Å². The third-order valence-corrected chi connectivity index (χ3v) is 4.26. The maximum absolute atomic E-state index is 11.9. The standard InChI is InChI=1S/C18H17BrClN3O3/c1-26-16-7-6-12(10-13(16)19)11-21-23-18(25)9-8-17(24)22-15-5-3-2-4-14(15)20/h2-7,10-11H,8-9H2,1H3,(H,22,24)(H,23,25). The van der Waals surface area contributed by atoms with E-state index >= 15 is 0 Å². The molecule has 0 heterocycles. The summed E-state index contributed by atoms with van der Waals surface area (Å²) in [5.74, 6) is 0.0511. The van der Waals surface area contributed by atoms with E-state index in [1.54, 1.807) is 43.5 Å². The van der Waals surface area contributed by atoms with Gasteiger partial charge in [0.05, 0.1) is 28.5 Å². The number of rotatable bonds is 7. The Morgan fingerprint density at radius 2 is 1.92 bits per heavy atom. The highest BCUT2D eigenvalue weighted by atomic mass is 79.9. The van der Waals surface area contributed by atoms with Gasteiger partial charge in [-0.1, -0.05) is 23.7 Å². The molecule has 0 aliphatic carbocycles. The minimum Gasteiger partial charge on any atom is -0.496 e. The number of hydrazone groups is 1. The van der Waals surface area contributed by atoms with Crippen molar-refractivity contribution in [3.8, 4) is 5.75 Å². The monoisotopic (exact) mass is 437 g/mol. The van der Waals surface area contributed by atoms with Gasteiger partial charge >= 0.3 is 0 Å². The lowest BCUT2D eigenvalue weighted by Gasteiger charge is -2.06. The number of nitrogens with one attached hydrogen (secondary N) is 2. The number of carbonyl (C=O) groups is 2. The first-order valence-corrected chi connectivity index (χ1v) is 8.86. The van der Waals surface area contributed by atoms with Gasteiger partial charge in [-0.15, -0.1) is 0 Å². The second-order valence-corrected chi connectivity index (χ2v) is 6.48. The first-order valence-electron chi connectivity index (χ1n) is 7.69. The van der Waals surface area contributed by atoms with Crippen LogP contribution in [0.15, 0.2) is 52.0 Å². The van der Waals surface area contributed by atoms with Gasteiger partial charge in [-0.3, -0.25) is 9.59 Å². The maximum Gasteiger partial charge on any atom is 0.240 e. The average Bonchev–Trinajstić information content (AvgIpc) is 2.62. The lowest BCUT2D eigenvalue weighted by Crippen LogP contribution is -2.20. The number of hydrogen-bond acceptors (Lipinski definition) is 4. The molecule has 0 spiro atoms. The molecular weight excluding hydrogens is 422 g/mol. The Morgan fingerprint density at radius 1 is 1.19 bits per heavy atom. The fourth-order valence-electron chi connectivity index (χ4n) is 2.00. The largest absolute Gasteiger partial charge is 0.496 e. The van der Waals surface area contributed by atoms with Crippen molar-refractivity contribution in [1.29, 1.82) is 0 Å². The molecule has 26 heavy (non-hydrogen) atoms. The zero-order valence-corrected chi connectivity index (χ0v) is 16.3. The molecule has 6 nitrogen and oxygen atoms in total. The van der Waals surface area contributed by atoms with Gasteiger partial charge in [0.15, 0.2) is 0 Å². The molecule has 0 aromatic heterocycles. The number of methoxy groups -OCH3 is 1. The van der Waals surface area contributed by atoms with Crippen molar-refractivity contribution in [3.05, 3.63) is 57.5 Å². The lowest BCUT2D eigenvalue weighted by molar-refractivity contribution is -0.124. The number of amides is 2. The molecule has 0 radical (unpaired) electrons. The summed E-state index contributed by atoms with van der Waals surface area (Å²) in [5, 5.41) is 6.98. The van der Waals surface area contributed by atoms with Crippen LogP contribution in [-0.2, 0) is 9.59 Å². The highest BCUT2D eigenvalue weighted by molar-refractivity contribution is 9.10. The smallest absolute Gasteiger partial charge is 0.240 e. The highest BCUT2D eigenvalue weighted by Gasteiger charge is 2.08. The van der Waals surface area contributed by atoms with Crippen LogP contribution in [0.4, 0.5) is 5.69 Å². The van der Waals surface area contributed by atoms with E-state index in [2.05, 4.69) is 31.8 Å². The fraction of sp³-hybridized carbons (Fsp3) is 0.167. The highest BCUT2D eigenvalue weighted by Crippen LogP contribution is 2.24. The first kappa shape index (κ1) is 19.9. The number of nitrogens with zero attached hydrogens (tertiary/aromatic N) is 1. The Morgan fingerprint density at radius 3 is 2.62 bits per heavy atom. The molecule has 2 amide bonds. The van der Waals surface area contributed by atoms with Gasteiger partial charge in [-0.2, -0.15) is 5.10 Å². The van der Waals surface area contributed by atoms with Crippen LogP contribution in [0.1, 0.15) is 18.4 Å². The molecule has 0 fully saturated rings. The topological polar surface area (TPSA) is 79.8 Å². The Bertz CT molecular complexity index is 827. The maximum atomic E-state index is 11.9. The fourth-order valence-corrected chi connectivity index (χ4v) is 2.74. The lowest BCUT2D eigenvalue weighted by atomic mass is 10.2. The van der Waals surface area contributed by atoms with Gasteiger partial charge in [0.2, 0.25) is 11.8 Å². The van der Waals surface area contributed by atoms with E-state index in [9.17, 15) is 9.59 Å². The van der Waals surface area contributed by atoms with E-state index in [0.717, 1.165) is 10.0 Å². The Labute approximate surface area is 164 Å². The zero-order valence-electron chi connectivity index (χ0n) is 14.0. The van der Waals surface area contributed by atoms with E-state index in [4.69, 9.17) is 16.3 Å². The minimum absolute atomic E-state index is 0.0138. The molecule has 2 aromatic rings. The molecule has 2 aromatic carbocycles. The van der Waals surface area contributed by atoms with Gasteiger partial charge in [0, 0.05) is 12.8 Å². The summed E-state index contributed by atoms with van der Waals surface area (Å²) >= 11 is 9.34. The summed E-state index contributed by atoms with van der Waals surface area (Å²) in [6.07, 6.45) is 1.55. The Hall–Kier alpha value is -2.38. The molecule has 2 rings (SSSR count). The van der Waals surface area contributed by atoms with Crippen LogP contribution >= 0.6 is 27.5 Å². The second-order valence-electron chi connectivity index (χ2n) is 5.22. The van der Waals surface area contributed by atoms with Gasteiger partial charge in [-0.05, 0) is 51.8 Å². The van der Waals surface area contributed by atoms with Crippen molar-refractivity contribution in [2.45, 2.75) is 12.8 Å². The normalized spacial score (nSPS) is 10.6. The summed E-state index contributed by atoms with van der Waals surface area (Å²) < 4.78 is 5.92. The van der Waals surface area contributed by atoms with Crippen molar-refractivity contribution < 1.29 is 14.3 Å². The van der Waals surface area contributed by atoms with Crippen LogP contribution in [0, 0.1) is 0 Å². The summed E-state index contributed by atoms with van der Waals surface area (Å²) in [5.41, 5.74) is 3.69. The predicted octanol–water partition coefficient (Wildman–Crippen LogP) is 3.98.